The molecule has 0 saturated carbocycles. The minimum Gasteiger partial charge on any atom is -0.348 e. The highest BCUT2D eigenvalue weighted by molar-refractivity contribution is 5.77. The molecule has 0 spiro atoms. The molecule has 126 valence electrons. The molecule has 2 fully saturated rings. The predicted octanol–water partition coefficient (Wildman–Crippen LogP) is 1.84. The third-order valence-corrected chi connectivity index (χ3v) is 4.94. The zero-order chi connectivity index (χ0) is 16.5. The summed E-state index contributed by atoms with van der Waals surface area (Å²) < 4.78 is 0. The van der Waals surface area contributed by atoms with E-state index in [0.29, 0.717) is 6.54 Å². The molecule has 3 heterocycles. The standard InChI is InChI=1S/C18H23N5O/c1-14-2-4-15(5-3-14)10-22-12-16-11-21(8-9-23(16)18(22)24)13-17-19-6-7-20-17/h2-7,16H,8-13H2,1H3,(H,19,20)/t16-/m1/s1. The topological polar surface area (TPSA) is 55.5 Å². The van der Waals surface area contributed by atoms with Gasteiger partial charge >= 0.3 is 6.03 Å². The van der Waals surface area contributed by atoms with Crippen LogP contribution in [0.3, 0.4) is 0 Å². The van der Waals surface area contributed by atoms with Crippen molar-refractivity contribution in [3.05, 3.63) is 53.6 Å². The Balaban J connectivity index is 1.39. The van der Waals surface area contributed by atoms with Gasteiger partial charge in [-0.3, -0.25) is 4.90 Å². The van der Waals surface area contributed by atoms with Crippen LogP contribution < -0.4 is 0 Å². The van der Waals surface area contributed by atoms with Crippen molar-refractivity contribution in [3.63, 3.8) is 0 Å². The van der Waals surface area contributed by atoms with Gasteiger partial charge in [0.1, 0.15) is 5.82 Å². The first kappa shape index (κ1) is 15.2. The maximum atomic E-state index is 12.6. The fraction of sp³-hybridized carbons (Fsp3) is 0.444. The third kappa shape index (κ3) is 3.01. The van der Waals surface area contributed by atoms with E-state index in [1.807, 2.05) is 16.0 Å². The number of nitrogens with zero attached hydrogens (tertiary/aromatic N) is 4. The molecule has 6 nitrogen and oxygen atoms in total. The molecule has 2 aliphatic rings. The van der Waals surface area contributed by atoms with Crippen LogP contribution in [0.5, 0.6) is 0 Å². The number of nitrogens with one attached hydrogen (secondary N) is 1. The first-order valence-corrected chi connectivity index (χ1v) is 8.51. The Morgan fingerprint density at radius 2 is 2.00 bits per heavy atom. The van der Waals surface area contributed by atoms with E-state index in [1.165, 1.54) is 11.1 Å². The summed E-state index contributed by atoms with van der Waals surface area (Å²) in [5, 5.41) is 0. The van der Waals surface area contributed by atoms with Gasteiger partial charge in [0.25, 0.3) is 0 Å². The van der Waals surface area contributed by atoms with E-state index in [9.17, 15) is 4.79 Å². The third-order valence-electron chi connectivity index (χ3n) is 4.94. The molecule has 6 heteroatoms. The second-order valence-electron chi connectivity index (χ2n) is 6.77. The number of piperazine rings is 1. The number of rotatable bonds is 4. The van der Waals surface area contributed by atoms with Crippen LogP contribution in [0.2, 0.25) is 0 Å². The first-order chi connectivity index (χ1) is 11.7. The molecule has 1 atom stereocenters. The summed E-state index contributed by atoms with van der Waals surface area (Å²) in [7, 11) is 0. The van der Waals surface area contributed by atoms with Crippen molar-refractivity contribution in [1.29, 1.82) is 0 Å². The van der Waals surface area contributed by atoms with Gasteiger partial charge in [-0.1, -0.05) is 29.8 Å². The molecule has 1 N–H and O–H groups in total. The summed E-state index contributed by atoms with van der Waals surface area (Å²) in [5.74, 6) is 0.990. The largest absolute Gasteiger partial charge is 0.348 e. The van der Waals surface area contributed by atoms with Crippen LogP contribution in [0.1, 0.15) is 17.0 Å². The summed E-state index contributed by atoms with van der Waals surface area (Å²) in [6, 6.07) is 8.90. The zero-order valence-corrected chi connectivity index (χ0v) is 14.0. The summed E-state index contributed by atoms with van der Waals surface area (Å²) >= 11 is 0. The number of hydrogen-bond acceptors (Lipinski definition) is 3. The summed E-state index contributed by atoms with van der Waals surface area (Å²) in [4.78, 5) is 26.5. The van der Waals surface area contributed by atoms with Crippen molar-refractivity contribution in [2.75, 3.05) is 26.2 Å². The van der Waals surface area contributed by atoms with Crippen LogP contribution in [0.25, 0.3) is 0 Å². The Labute approximate surface area is 142 Å². The van der Waals surface area contributed by atoms with Crippen molar-refractivity contribution < 1.29 is 4.79 Å². The number of aryl methyl sites for hydroxylation is 1. The average molecular weight is 325 g/mol. The number of amides is 2. The van der Waals surface area contributed by atoms with Gasteiger partial charge in [0.05, 0.1) is 12.6 Å². The molecule has 24 heavy (non-hydrogen) atoms. The van der Waals surface area contributed by atoms with Crippen LogP contribution in [0.4, 0.5) is 4.79 Å². The highest BCUT2D eigenvalue weighted by Crippen LogP contribution is 2.23. The number of H-pyrrole nitrogens is 1. The molecular formula is C18H23N5O. The van der Waals surface area contributed by atoms with Crippen LogP contribution >= 0.6 is 0 Å². The highest BCUT2D eigenvalue weighted by Gasteiger charge is 2.40. The highest BCUT2D eigenvalue weighted by atomic mass is 16.2. The average Bonchev–Trinajstić information content (AvgIpc) is 3.19. The van der Waals surface area contributed by atoms with Gasteiger partial charge in [-0.05, 0) is 12.5 Å². The Hall–Kier alpha value is -2.34. The number of benzene rings is 1. The normalized spacial score (nSPS) is 21.4. The van der Waals surface area contributed by atoms with Crippen LogP contribution in [0.15, 0.2) is 36.7 Å². The van der Waals surface area contributed by atoms with E-state index in [-0.39, 0.29) is 12.1 Å². The van der Waals surface area contributed by atoms with Crippen LogP contribution in [0, 0.1) is 6.92 Å². The summed E-state index contributed by atoms with van der Waals surface area (Å²) in [6.45, 7) is 7.03. The number of carbonyl (C=O) groups is 1. The van der Waals surface area contributed by atoms with E-state index in [1.54, 1.807) is 6.20 Å². The number of carbonyl (C=O) groups excluding carboxylic acids is 1. The molecular weight excluding hydrogens is 302 g/mol. The Morgan fingerprint density at radius 1 is 1.17 bits per heavy atom. The number of fused-ring (bicyclic) bond motifs is 1. The van der Waals surface area contributed by atoms with Crippen LogP contribution in [-0.2, 0) is 13.1 Å². The number of aromatic amines is 1. The molecule has 2 saturated heterocycles. The van der Waals surface area contributed by atoms with E-state index in [4.69, 9.17) is 0 Å². The molecule has 1 aromatic heterocycles. The van der Waals surface area contributed by atoms with Gasteiger partial charge in [-0.15, -0.1) is 0 Å². The lowest BCUT2D eigenvalue weighted by molar-refractivity contribution is 0.114. The predicted molar refractivity (Wildman–Crippen MR) is 91.3 cm³/mol. The molecule has 1 aromatic carbocycles. The molecule has 4 rings (SSSR count). The molecule has 0 aliphatic carbocycles. The zero-order valence-electron chi connectivity index (χ0n) is 14.0. The molecule has 2 aliphatic heterocycles. The lowest BCUT2D eigenvalue weighted by atomic mass is 10.1. The SMILES string of the molecule is Cc1ccc(CN2C[C@H]3CN(Cc4ncc[nH]4)CCN3C2=O)cc1. The monoisotopic (exact) mass is 325 g/mol. The van der Waals surface area contributed by atoms with Crippen molar-refractivity contribution in [2.45, 2.75) is 26.1 Å². The van der Waals surface area contributed by atoms with Gasteiger partial charge < -0.3 is 14.8 Å². The van der Waals surface area contributed by atoms with Crippen molar-refractivity contribution in [3.8, 4) is 0 Å². The van der Waals surface area contributed by atoms with Crippen molar-refractivity contribution in [1.82, 2.24) is 24.7 Å². The van der Waals surface area contributed by atoms with E-state index in [0.717, 1.165) is 38.5 Å². The number of hydrogen-bond donors (Lipinski definition) is 1. The number of imidazole rings is 1. The van der Waals surface area contributed by atoms with E-state index < -0.39 is 0 Å². The maximum Gasteiger partial charge on any atom is 0.320 e. The van der Waals surface area contributed by atoms with Gasteiger partial charge in [0.2, 0.25) is 0 Å². The van der Waals surface area contributed by atoms with E-state index in [2.05, 4.69) is 46.1 Å². The smallest absolute Gasteiger partial charge is 0.320 e. The molecule has 0 unspecified atom stereocenters. The van der Waals surface area contributed by atoms with Crippen molar-refractivity contribution in [2.24, 2.45) is 0 Å². The molecule has 0 radical (unpaired) electrons. The Kier molecular flexibility index (Phi) is 3.98. The maximum absolute atomic E-state index is 12.6. The molecule has 2 amide bonds. The fourth-order valence-corrected chi connectivity index (χ4v) is 3.63. The van der Waals surface area contributed by atoms with E-state index >= 15 is 0 Å². The number of urea groups is 1. The molecule has 2 aromatic rings. The molecule has 0 bridgehead atoms. The lowest BCUT2D eigenvalue weighted by Crippen LogP contribution is -2.51. The van der Waals surface area contributed by atoms with Gasteiger partial charge in [0, 0.05) is 45.1 Å². The minimum atomic E-state index is 0.179. The van der Waals surface area contributed by atoms with Gasteiger partial charge in [0.15, 0.2) is 0 Å². The number of aromatic nitrogens is 2. The summed E-state index contributed by atoms with van der Waals surface area (Å²) in [6.07, 6.45) is 3.64. The quantitative estimate of drug-likeness (QED) is 0.933. The Morgan fingerprint density at radius 3 is 2.75 bits per heavy atom. The van der Waals surface area contributed by atoms with Gasteiger partial charge in [-0.2, -0.15) is 0 Å². The fourth-order valence-electron chi connectivity index (χ4n) is 3.63. The second-order valence-corrected chi connectivity index (χ2v) is 6.77. The Bertz CT molecular complexity index is 697. The summed E-state index contributed by atoms with van der Waals surface area (Å²) in [5.41, 5.74) is 2.44. The lowest BCUT2D eigenvalue weighted by Gasteiger charge is -2.35. The van der Waals surface area contributed by atoms with Crippen molar-refractivity contribution >= 4 is 6.03 Å². The second kappa shape index (κ2) is 6.28. The minimum absolute atomic E-state index is 0.179. The first-order valence-electron chi connectivity index (χ1n) is 8.51. The van der Waals surface area contributed by atoms with Gasteiger partial charge in [-0.25, -0.2) is 9.78 Å². The van der Waals surface area contributed by atoms with Crippen LogP contribution in [-0.4, -0.2) is 62.9 Å².